The summed E-state index contributed by atoms with van der Waals surface area (Å²) in [6.07, 6.45) is 1.92. The number of hydrogen-bond acceptors (Lipinski definition) is 7. The Morgan fingerprint density at radius 3 is 2.62 bits per heavy atom. The first-order valence-electron chi connectivity index (χ1n) is 9.79. The highest BCUT2D eigenvalue weighted by Gasteiger charge is 2.70. The number of aliphatic imine (C=N–C) groups is 1. The van der Waals surface area contributed by atoms with Gasteiger partial charge in [-0.05, 0) is 56.5 Å². The van der Waals surface area contributed by atoms with Crippen LogP contribution in [-0.2, 0) is 15.6 Å². The van der Waals surface area contributed by atoms with Crippen molar-refractivity contribution in [2.75, 3.05) is 12.4 Å². The smallest absolute Gasteiger partial charge is 0.274 e. The van der Waals surface area contributed by atoms with Crippen LogP contribution in [-0.4, -0.2) is 41.4 Å². The molecule has 3 N–H and O–H groups in total. The summed E-state index contributed by atoms with van der Waals surface area (Å²) < 4.78 is 40.8. The maximum atomic E-state index is 15.0. The topological polar surface area (TPSA) is 142 Å². The highest BCUT2D eigenvalue weighted by molar-refractivity contribution is 7.91. The van der Waals surface area contributed by atoms with E-state index in [-0.39, 0.29) is 22.9 Å². The van der Waals surface area contributed by atoms with Gasteiger partial charge in [0.15, 0.2) is 0 Å². The van der Waals surface area contributed by atoms with Crippen molar-refractivity contribution in [1.82, 2.24) is 9.29 Å². The molecule has 2 heterocycles. The lowest BCUT2D eigenvalue weighted by atomic mass is 9.86. The Labute approximate surface area is 184 Å². The maximum Gasteiger partial charge on any atom is 0.274 e. The highest BCUT2D eigenvalue weighted by Crippen LogP contribution is 2.60. The lowest BCUT2D eigenvalue weighted by Gasteiger charge is -2.42. The third kappa shape index (κ3) is 2.94. The summed E-state index contributed by atoms with van der Waals surface area (Å²) in [7, 11) is -2.53. The molecule has 2 aliphatic rings. The number of anilines is 1. The van der Waals surface area contributed by atoms with E-state index in [2.05, 4.69) is 15.3 Å². The number of rotatable bonds is 3. The molecule has 4 rings (SSSR count). The molecule has 2 aromatic rings. The van der Waals surface area contributed by atoms with Gasteiger partial charge in [-0.15, -0.1) is 0 Å². The van der Waals surface area contributed by atoms with Gasteiger partial charge in [-0.3, -0.25) is 4.79 Å². The first-order chi connectivity index (χ1) is 15.0. The first kappa shape index (κ1) is 21.7. The fourth-order valence-electron chi connectivity index (χ4n) is 4.24. The van der Waals surface area contributed by atoms with Gasteiger partial charge in [0.25, 0.3) is 5.91 Å². The second kappa shape index (κ2) is 7.00. The van der Waals surface area contributed by atoms with Gasteiger partial charge in [-0.2, -0.15) is 5.26 Å². The number of pyridine rings is 1. The van der Waals surface area contributed by atoms with Gasteiger partial charge in [0.1, 0.15) is 27.9 Å². The largest absolute Gasteiger partial charge is 0.369 e. The molecule has 0 saturated heterocycles. The number of halogens is 1. The molecule has 1 spiro atoms. The van der Waals surface area contributed by atoms with Crippen molar-refractivity contribution >= 4 is 27.6 Å². The Morgan fingerprint density at radius 2 is 2.03 bits per heavy atom. The summed E-state index contributed by atoms with van der Waals surface area (Å²) in [5.74, 6) is -1.42. The number of nitrogens with two attached hydrogens (primary N) is 1. The normalized spacial score (nSPS) is 22.7. The Bertz CT molecular complexity index is 1330. The van der Waals surface area contributed by atoms with E-state index in [1.807, 2.05) is 6.07 Å². The van der Waals surface area contributed by atoms with E-state index >= 15 is 0 Å². The van der Waals surface area contributed by atoms with Gasteiger partial charge in [-0.1, -0.05) is 0 Å². The average Bonchev–Trinajstić information content (AvgIpc) is 3.56. The summed E-state index contributed by atoms with van der Waals surface area (Å²) in [6.45, 7) is 3.20. The molecule has 1 saturated carbocycles. The van der Waals surface area contributed by atoms with Crippen molar-refractivity contribution in [2.45, 2.75) is 37.0 Å². The summed E-state index contributed by atoms with van der Waals surface area (Å²) >= 11 is 0. The molecule has 1 aromatic carbocycles. The molecule has 1 aromatic heterocycles. The molecular formula is C21H21FN6O3S. The quantitative estimate of drug-likeness (QED) is 0.723. The van der Waals surface area contributed by atoms with E-state index in [0.717, 1.165) is 10.4 Å². The molecule has 0 radical (unpaired) electrons. The van der Waals surface area contributed by atoms with Crippen molar-refractivity contribution < 1.29 is 17.6 Å². The van der Waals surface area contributed by atoms with Crippen LogP contribution in [0.25, 0.3) is 0 Å². The van der Waals surface area contributed by atoms with Crippen LogP contribution in [0.4, 0.5) is 10.1 Å². The minimum atomic E-state index is -3.85. The standard InChI is InChI=1S/C21H21FN6O3S/c1-12-8-13(10-23)11-25-17(12)18(29)26-14-4-5-16(22)15(9-14)20(2)21(6-7-21)32(30,31)28(3)19(24)27-20/h4-5,8-9,11H,6-7H2,1-3H3,(H2,24,27)(H,26,29)/t20-/m1/s1. The SMILES string of the molecule is Cc1cc(C#N)cnc1C(=O)Nc1ccc(F)c([C@@]2(C)N=C(N)N(C)S(=O)(=O)C23CC3)c1. The summed E-state index contributed by atoms with van der Waals surface area (Å²) in [5.41, 5.74) is 5.63. The number of hydrogen-bond donors (Lipinski definition) is 2. The van der Waals surface area contributed by atoms with Gasteiger partial charge in [0, 0.05) is 24.5 Å². The molecule has 1 aliphatic carbocycles. The number of sulfonamides is 1. The van der Waals surface area contributed by atoms with Crippen molar-refractivity contribution in [3.05, 3.63) is 58.7 Å². The zero-order chi connectivity index (χ0) is 23.5. The molecule has 9 nitrogen and oxygen atoms in total. The minimum absolute atomic E-state index is 0.0249. The predicted octanol–water partition coefficient (Wildman–Crippen LogP) is 1.99. The van der Waals surface area contributed by atoms with Crippen LogP contribution >= 0.6 is 0 Å². The Morgan fingerprint density at radius 1 is 1.34 bits per heavy atom. The molecule has 1 fully saturated rings. The van der Waals surface area contributed by atoms with Crippen LogP contribution in [0.3, 0.4) is 0 Å². The number of carbonyl (C=O) groups is 1. The van der Waals surface area contributed by atoms with Gasteiger partial charge in [0.05, 0.1) is 5.56 Å². The fraction of sp³-hybridized carbons (Fsp3) is 0.333. The number of amides is 1. The molecule has 1 aliphatic heterocycles. The van der Waals surface area contributed by atoms with Crippen LogP contribution < -0.4 is 11.1 Å². The van der Waals surface area contributed by atoms with E-state index in [1.54, 1.807) is 13.8 Å². The predicted molar refractivity (Wildman–Crippen MR) is 116 cm³/mol. The zero-order valence-corrected chi connectivity index (χ0v) is 18.5. The van der Waals surface area contributed by atoms with Crippen molar-refractivity contribution in [3.63, 3.8) is 0 Å². The highest BCUT2D eigenvalue weighted by atomic mass is 32.2. The number of aromatic nitrogens is 1. The zero-order valence-electron chi connectivity index (χ0n) is 17.7. The summed E-state index contributed by atoms with van der Waals surface area (Å²) in [5, 5.41) is 11.6. The first-order valence-corrected chi connectivity index (χ1v) is 11.2. The maximum absolute atomic E-state index is 15.0. The van der Waals surface area contributed by atoms with E-state index in [4.69, 9.17) is 11.0 Å². The Balaban J connectivity index is 1.74. The molecule has 0 unspecified atom stereocenters. The third-order valence-corrected chi connectivity index (χ3v) is 8.98. The van der Waals surface area contributed by atoms with Gasteiger partial charge < -0.3 is 11.1 Å². The van der Waals surface area contributed by atoms with E-state index < -0.39 is 32.0 Å². The number of benzene rings is 1. The number of nitriles is 1. The lowest BCUT2D eigenvalue weighted by Crippen LogP contribution is -2.58. The lowest BCUT2D eigenvalue weighted by molar-refractivity contribution is 0.102. The monoisotopic (exact) mass is 456 g/mol. The Kier molecular flexibility index (Phi) is 4.74. The fourth-order valence-corrected chi connectivity index (χ4v) is 6.33. The number of nitrogens with one attached hydrogen (secondary N) is 1. The van der Waals surface area contributed by atoms with Gasteiger partial charge in [0.2, 0.25) is 16.0 Å². The van der Waals surface area contributed by atoms with Crippen molar-refractivity contribution in [2.24, 2.45) is 10.7 Å². The van der Waals surface area contributed by atoms with Crippen LogP contribution in [0, 0.1) is 24.1 Å². The van der Waals surface area contributed by atoms with Gasteiger partial charge >= 0.3 is 0 Å². The number of nitrogens with zero attached hydrogens (tertiary/aromatic N) is 4. The Hall–Kier alpha value is -3.52. The van der Waals surface area contributed by atoms with Crippen LogP contribution in [0.5, 0.6) is 0 Å². The minimum Gasteiger partial charge on any atom is -0.369 e. The van der Waals surface area contributed by atoms with E-state index in [1.165, 1.54) is 31.4 Å². The molecule has 32 heavy (non-hydrogen) atoms. The number of guanidine groups is 1. The summed E-state index contributed by atoms with van der Waals surface area (Å²) in [6, 6.07) is 7.40. The average molecular weight is 457 g/mol. The second-order valence-corrected chi connectivity index (χ2v) is 10.4. The molecule has 11 heteroatoms. The van der Waals surface area contributed by atoms with Crippen LogP contribution in [0.1, 0.15) is 46.9 Å². The van der Waals surface area contributed by atoms with Crippen LogP contribution in [0.2, 0.25) is 0 Å². The van der Waals surface area contributed by atoms with E-state index in [0.29, 0.717) is 24.0 Å². The van der Waals surface area contributed by atoms with Gasteiger partial charge in [-0.25, -0.2) is 27.1 Å². The van der Waals surface area contributed by atoms with Crippen LogP contribution in [0.15, 0.2) is 35.5 Å². The number of aryl methyl sites for hydroxylation is 1. The summed E-state index contributed by atoms with van der Waals surface area (Å²) in [4.78, 5) is 21.1. The molecule has 1 amide bonds. The third-order valence-electron chi connectivity index (χ3n) is 6.28. The molecule has 1 atom stereocenters. The molecule has 166 valence electrons. The number of carbonyl (C=O) groups excluding carboxylic acids is 1. The van der Waals surface area contributed by atoms with Crippen molar-refractivity contribution in [1.29, 1.82) is 5.26 Å². The second-order valence-electron chi connectivity index (χ2n) is 8.16. The van der Waals surface area contributed by atoms with E-state index in [9.17, 15) is 17.6 Å². The molecular weight excluding hydrogens is 435 g/mol. The van der Waals surface area contributed by atoms with Crippen molar-refractivity contribution in [3.8, 4) is 6.07 Å². The molecule has 0 bridgehead atoms.